The number of rotatable bonds is 5. The van der Waals surface area contributed by atoms with Crippen LogP contribution in [0.25, 0.3) is 0 Å². The molecule has 0 saturated carbocycles. The Balaban J connectivity index is 3.36. The van der Waals surface area contributed by atoms with E-state index in [-0.39, 0.29) is 5.38 Å². The molecular formula is C11H24ClN. The molecule has 1 nitrogen and oxygen atoms in total. The van der Waals surface area contributed by atoms with Crippen LogP contribution in [0.1, 0.15) is 41.0 Å². The Morgan fingerprint density at radius 2 is 1.77 bits per heavy atom. The predicted molar refractivity (Wildman–Crippen MR) is 61.4 cm³/mol. The largest absolute Gasteiger partial charge is 0.315 e. The van der Waals surface area contributed by atoms with Gasteiger partial charge in [0, 0.05) is 11.9 Å². The molecule has 0 bridgehead atoms. The summed E-state index contributed by atoms with van der Waals surface area (Å²) in [6, 6.07) is 0. The average Bonchev–Trinajstić information content (AvgIpc) is 1.95. The first-order valence-electron chi connectivity index (χ1n) is 5.18. The number of halogens is 1. The maximum atomic E-state index is 6.10. The highest BCUT2D eigenvalue weighted by molar-refractivity contribution is 6.20. The molecule has 1 unspecified atom stereocenters. The van der Waals surface area contributed by atoms with E-state index in [0.717, 1.165) is 13.1 Å². The van der Waals surface area contributed by atoms with Crippen LogP contribution in [0, 0.1) is 11.3 Å². The van der Waals surface area contributed by atoms with Crippen molar-refractivity contribution in [1.29, 1.82) is 0 Å². The van der Waals surface area contributed by atoms with Crippen molar-refractivity contribution in [1.82, 2.24) is 5.32 Å². The van der Waals surface area contributed by atoms with Gasteiger partial charge in [-0.15, -0.1) is 11.6 Å². The third-order valence-electron chi connectivity index (χ3n) is 2.11. The van der Waals surface area contributed by atoms with Crippen LogP contribution in [0.3, 0.4) is 0 Å². The van der Waals surface area contributed by atoms with Crippen molar-refractivity contribution in [3.63, 3.8) is 0 Å². The van der Waals surface area contributed by atoms with E-state index < -0.39 is 0 Å². The Morgan fingerprint density at radius 1 is 1.23 bits per heavy atom. The lowest BCUT2D eigenvalue weighted by atomic mass is 9.92. The van der Waals surface area contributed by atoms with Crippen LogP contribution in [0.4, 0.5) is 0 Å². The minimum atomic E-state index is 0.264. The third kappa shape index (κ3) is 8.58. The van der Waals surface area contributed by atoms with Crippen molar-refractivity contribution in [2.45, 2.75) is 46.4 Å². The van der Waals surface area contributed by atoms with Crippen molar-refractivity contribution >= 4 is 11.6 Å². The SMILES string of the molecule is CC(C)C(Cl)CNCCC(C)(C)C. The summed E-state index contributed by atoms with van der Waals surface area (Å²) in [6.45, 7) is 13.1. The summed E-state index contributed by atoms with van der Waals surface area (Å²) in [5.41, 5.74) is 0.423. The zero-order valence-corrected chi connectivity index (χ0v) is 10.4. The van der Waals surface area contributed by atoms with Gasteiger partial charge in [-0.3, -0.25) is 0 Å². The molecule has 0 rings (SSSR count). The molecule has 1 N–H and O–H groups in total. The molecular weight excluding hydrogens is 182 g/mol. The molecule has 13 heavy (non-hydrogen) atoms. The molecule has 2 heteroatoms. The highest BCUT2D eigenvalue weighted by atomic mass is 35.5. The summed E-state index contributed by atoms with van der Waals surface area (Å²) in [5.74, 6) is 0.559. The smallest absolute Gasteiger partial charge is 0.0483 e. The van der Waals surface area contributed by atoms with Gasteiger partial charge in [-0.05, 0) is 24.3 Å². The molecule has 0 aromatic rings. The molecule has 0 heterocycles. The van der Waals surface area contributed by atoms with Gasteiger partial charge in [0.05, 0.1) is 0 Å². The van der Waals surface area contributed by atoms with E-state index in [1.54, 1.807) is 0 Å². The van der Waals surface area contributed by atoms with E-state index in [4.69, 9.17) is 11.6 Å². The molecule has 0 aromatic heterocycles. The normalized spacial score (nSPS) is 15.0. The fourth-order valence-electron chi connectivity index (χ4n) is 0.939. The molecule has 0 aliphatic rings. The standard InChI is InChI=1S/C11H24ClN/c1-9(2)10(12)8-13-7-6-11(3,4)5/h9-10,13H,6-8H2,1-5H3. The number of hydrogen-bond donors (Lipinski definition) is 1. The highest BCUT2D eigenvalue weighted by Gasteiger charge is 2.11. The Kier molecular flexibility index (Phi) is 5.98. The first-order chi connectivity index (χ1) is 5.83. The number of hydrogen-bond acceptors (Lipinski definition) is 1. The molecule has 0 spiro atoms. The van der Waals surface area contributed by atoms with Crippen LogP contribution in [0.2, 0.25) is 0 Å². The summed E-state index contributed by atoms with van der Waals surface area (Å²) in [5, 5.41) is 3.65. The van der Waals surface area contributed by atoms with E-state index in [1.807, 2.05) is 0 Å². The van der Waals surface area contributed by atoms with Gasteiger partial charge in [-0.1, -0.05) is 34.6 Å². The second-order valence-corrected chi connectivity index (χ2v) is 5.84. The Morgan fingerprint density at radius 3 is 2.15 bits per heavy atom. The van der Waals surface area contributed by atoms with E-state index in [1.165, 1.54) is 6.42 Å². The quantitative estimate of drug-likeness (QED) is 0.537. The molecule has 0 aliphatic heterocycles. The van der Waals surface area contributed by atoms with Crippen LogP contribution >= 0.6 is 11.6 Å². The summed E-state index contributed by atoms with van der Waals surface area (Å²) < 4.78 is 0. The van der Waals surface area contributed by atoms with Gasteiger partial charge in [0.2, 0.25) is 0 Å². The molecule has 0 amide bonds. The molecule has 0 radical (unpaired) electrons. The lowest BCUT2D eigenvalue weighted by Crippen LogP contribution is -2.29. The van der Waals surface area contributed by atoms with Gasteiger partial charge in [-0.2, -0.15) is 0 Å². The van der Waals surface area contributed by atoms with Crippen LogP contribution in [-0.2, 0) is 0 Å². The monoisotopic (exact) mass is 205 g/mol. The Hall–Kier alpha value is 0.250. The summed E-state index contributed by atoms with van der Waals surface area (Å²) >= 11 is 6.10. The van der Waals surface area contributed by atoms with Crippen molar-refractivity contribution < 1.29 is 0 Å². The van der Waals surface area contributed by atoms with Gasteiger partial charge in [-0.25, -0.2) is 0 Å². The van der Waals surface area contributed by atoms with Crippen molar-refractivity contribution in [2.24, 2.45) is 11.3 Å². The lowest BCUT2D eigenvalue weighted by molar-refractivity contribution is 0.364. The van der Waals surface area contributed by atoms with Crippen molar-refractivity contribution in [2.75, 3.05) is 13.1 Å². The highest BCUT2D eigenvalue weighted by Crippen LogP contribution is 2.17. The van der Waals surface area contributed by atoms with Crippen molar-refractivity contribution in [3.05, 3.63) is 0 Å². The average molecular weight is 206 g/mol. The van der Waals surface area contributed by atoms with Gasteiger partial charge in [0.1, 0.15) is 0 Å². The molecule has 80 valence electrons. The van der Waals surface area contributed by atoms with E-state index in [9.17, 15) is 0 Å². The number of nitrogens with one attached hydrogen (secondary N) is 1. The van der Waals surface area contributed by atoms with Gasteiger partial charge in [0.15, 0.2) is 0 Å². The third-order valence-corrected chi connectivity index (χ3v) is 2.77. The minimum absolute atomic E-state index is 0.264. The van der Waals surface area contributed by atoms with Gasteiger partial charge < -0.3 is 5.32 Å². The van der Waals surface area contributed by atoms with Crippen LogP contribution in [-0.4, -0.2) is 18.5 Å². The van der Waals surface area contributed by atoms with Crippen LogP contribution in [0.5, 0.6) is 0 Å². The van der Waals surface area contributed by atoms with Gasteiger partial charge >= 0.3 is 0 Å². The Bertz CT molecular complexity index is 127. The first-order valence-corrected chi connectivity index (χ1v) is 5.61. The topological polar surface area (TPSA) is 12.0 Å². The zero-order chi connectivity index (χ0) is 10.5. The second-order valence-electron chi connectivity index (χ2n) is 5.27. The van der Waals surface area contributed by atoms with E-state index >= 15 is 0 Å². The first kappa shape index (κ1) is 13.2. The maximum absolute atomic E-state index is 6.10. The summed E-state index contributed by atoms with van der Waals surface area (Å²) in [6.07, 6.45) is 1.20. The fraction of sp³-hybridized carbons (Fsp3) is 1.00. The van der Waals surface area contributed by atoms with Crippen molar-refractivity contribution in [3.8, 4) is 0 Å². The zero-order valence-electron chi connectivity index (χ0n) is 9.65. The summed E-state index contributed by atoms with van der Waals surface area (Å²) in [4.78, 5) is 0. The molecule has 0 aliphatic carbocycles. The summed E-state index contributed by atoms with van der Waals surface area (Å²) in [7, 11) is 0. The molecule has 0 fully saturated rings. The van der Waals surface area contributed by atoms with Crippen LogP contribution in [0.15, 0.2) is 0 Å². The minimum Gasteiger partial charge on any atom is -0.315 e. The van der Waals surface area contributed by atoms with E-state index in [0.29, 0.717) is 11.3 Å². The maximum Gasteiger partial charge on any atom is 0.0483 e. The molecule has 1 atom stereocenters. The molecule has 0 saturated heterocycles. The van der Waals surface area contributed by atoms with Gasteiger partial charge in [0.25, 0.3) is 0 Å². The number of alkyl halides is 1. The van der Waals surface area contributed by atoms with E-state index in [2.05, 4.69) is 39.9 Å². The predicted octanol–water partition coefficient (Wildman–Crippen LogP) is 3.28. The van der Waals surface area contributed by atoms with Crippen LogP contribution < -0.4 is 5.32 Å². The molecule has 0 aromatic carbocycles. The second kappa shape index (κ2) is 5.87. The Labute approximate surface area is 88.2 Å². The fourth-order valence-corrected chi connectivity index (χ4v) is 1.05. The lowest BCUT2D eigenvalue weighted by Gasteiger charge is -2.19.